The third-order valence-corrected chi connectivity index (χ3v) is 2.93. The van der Waals surface area contributed by atoms with E-state index in [4.69, 9.17) is 0 Å². The monoisotopic (exact) mass is 201 g/mol. The maximum absolute atomic E-state index is 3.57. The Balaban J connectivity index is 1.94. The van der Waals surface area contributed by atoms with Gasteiger partial charge in [-0.1, -0.05) is 56.5 Å². The maximum Gasteiger partial charge on any atom is 0.0447 e. The molecule has 2 rings (SSSR count). The number of hydrogen-bond acceptors (Lipinski definition) is 1. The van der Waals surface area contributed by atoms with Gasteiger partial charge in [-0.3, -0.25) is 0 Å². The Labute approximate surface area is 92.2 Å². The standard InChI is InChI=1S/C14H19N/c1-2-3-4-8-13-11-10-12-7-5-6-9-14(12)15-13/h5-7,9-11,13,15H,2-4,8H2,1H3. The second-order valence-corrected chi connectivity index (χ2v) is 4.19. The lowest BCUT2D eigenvalue weighted by atomic mass is 10.0. The van der Waals surface area contributed by atoms with Crippen LogP contribution in [0.1, 0.15) is 38.2 Å². The van der Waals surface area contributed by atoms with Gasteiger partial charge in [-0.2, -0.15) is 0 Å². The van der Waals surface area contributed by atoms with Crippen LogP contribution in [0.25, 0.3) is 6.08 Å². The number of unbranched alkanes of at least 4 members (excludes halogenated alkanes) is 2. The largest absolute Gasteiger partial charge is 0.378 e. The van der Waals surface area contributed by atoms with E-state index >= 15 is 0 Å². The van der Waals surface area contributed by atoms with E-state index in [1.807, 2.05) is 0 Å². The normalized spacial score (nSPS) is 18.3. The van der Waals surface area contributed by atoms with Crippen LogP contribution in [0.2, 0.25) is 0 Å². The van der Waals surface area contributed by atoms with E-state index in [0.717, 1.165) is 0 Å². The lowest BCUT2D eigenvalue weighted by Gasteiger charge is -2.22. The first kappa shape index (κ1) is 10.3. The summed E-state index contributed by atoms with van der Waals surface area (Å²) in [6.07, 6.45) is 9.74. The molecule has 0 bridgehead atoms. The molecule has 1 aromatic rings. The zero-order valence-electron chi connectivity index (χ0n) is 9.37. The van der Waals surface area contributed by atoms with Gasteiger partial charge < -0.3 is 5.32 Å². The number of benzene rings is 1. The van der Waals surface area contributed by atoms with E-state index in [-0.39, 0.29) is 0 Å². The number of para-hydroxylation sites is 1. The minimum Gasteiger partial charge on any atom is -0.378 e. The van der Waals surface area contributed by atoms with Crippen molar-refractivity contribution in [3.8, 4) is 0 Å². The summed E-state index contributed by atoms with van der Waals surface area (Å²) in [6.45, 7) is 2.25. The molecule has 1 heterocycles. The van der Waals surface area contributed by atoms with Crippen LogP contribution in [0.15, 0.2) is 30.3 Å². The highest BCUT2D eigenvalue weighted by atomic mass is 14.9. The van der Waals surface area contributed by atoms with Crippen LogP contribution >= 0.6 is 0 Å². The number of rotatable bonds is 4. The molecule has 1 aliphatic heterocycles. The molecule has 0 fully saturated rings. The molecule has 1 nitrogen and oxygen atoms in total. The number of hydrogen-bond donors (Lipinski definition) is 1. The third-order valence-electron chi connectivity index (χ3n) is 2.93. The van der Waals surface area contributed by atoms with Gasteiger partial charge in [0.1, 0.15) is 0 Å². The predicted octanol–water partition coefficient (Wildman–Crippen LogP) is 4.07. The van der Waals surface area contributed by atoms with Crippen LogP contribution < -0.4 is 5.32 Å². The number of fused-ring (bicyclic) bond motifs is 1. The van der Waals surface area contributed by atoms with Crippen LogP contribution in [0.4, 0.5) is 5.69 Å². The highest BCUT2D eigenvalue weighted by Gasteiger charge is 2.10. The summed E-state index contributed by atoms with van der Waals surface area (Å²) in [6, 6.07) is 9.02. The zero-order valence-corrected chi connectivity index (χ0v) is 9.37. The van der Waals surface area contributed by atoms with Crippen LogP contribution in [0.3, 0.4) is 0 Å². The maximum atomic E-state index is 3.57. The van der Waals surface area contributed by atoms with Gasteiger partial charge in [0.2, 0.25) is 0 Å². The van der Waals surface area contributed by atoms with Crippen molar-refractivity contribution < 1.29 is 0 Å². The second kappa shape index (κ2) is 5.01. The van der Waals surface area contributed by atoms with Crippen molar-refractivity contribution in [2.45, 2.75) is 38.6 Å². The third kappa shape index (κ3) is 2.62. The second-order valence-electron chi connectivity index (χ2n) is 4.19. The number of nitrogens with one attached hydrogen (secondary N) is 1. The molecular weight excluding hydrogens is 182 g/mol. The Kier molecular flexibility index (Phi) is 3.44. The molecule has 1 aromatic carbocycles. The molecule has 1 N–H and O–H groups in total. The topological polar surface area (TPSA) is 12.0 Å². The van der Waals surface area contributed by atoms with Gasteiger partial charge in [-0.25, -0.2) is 0 Å². The summed E-state index contributed by atoms with van der Waals surface area (Å²) in [4.78, 5) is 0. The van der Waals surface area contributed by atoms with Crippen LogP contribution in [0, 0.1) is 0 Å². The van der Waals surface area contributed by atoms with Crippen LogP contribution in [0.5, 0.6) is 0 Å². The lowest BCUT2D eigenvalue weighted by Crippen LogP contribution is -2.19. The average molecular weight is 201 g/mol. The van der Waals surface area contributed by atoms with Gasteiger partial charge in [0.15, 0.2) is 0 Å². The average Bonchev–Trinajstić information content (AvgIpc) is 2.29. The first-order chi connectivity index (χ1) is 7.40. The fourth-order valence-electron chi connectivity index (χ4n) is 2.02. The molecule has 1 heteroatoms. The molecule has 0 aliphatic carbocycles. The molecule has 80 valence electrons. The highest BCUT2D eigenvalue weighted by Crippen LogP contribution is 2.24. The summed E-state index contributed by atoms with van der Waals surface area (Å²) < 4.78 is 0. The molecule has 1 aliphatic rings. The van der Waals surface area contributed by atoms with Crippen molar-refractivity contribution in [3.63, 3.8) is 0 Å². The fourth-order valence-corrected chi connectivity index (χ4v) is 2.02. The van der Waals surface area contributed by atoms with Crippen molar-refractivity contribution in [1.82, 2.24) is 0 Å². The van der Waals surface area contributed by atoms with E-state index in [1.54, 1.807) is 0 Å². The van der Waals surface area contributed by atoms with Crippen LogP contribution in [-0.2, 0) is 0 Å². The smallest absolute Gasteiger partial charge is 0.0447 e. The van der Waals surface area contributed by atoms with Gasteiger partial charge in [0, 0.05) is 11.7 Å². The van der Waals surface area contributed by atoms with Crippen molar-refractivity contribution in [1.29, 1.82) is 0 Å². The van der Waals surface area contributed by atoms with Crippen molar-refractivity contribution in [2.75, 3.05) is 5.32 Å². The fraction of sp³-hybridized carbons (Fsp3) is 0.429. The van der Waals surface area contributed by atoms with E-state index in [9.17, 15) is 0 Å². The van der Waals surface area contributed by atoms with Gasteiger partial charge in [-0.05, 0) is 18.1 Å². The van der Waals surface area contributed by atoms with Gasteiger partial charge in [0.25, 0.3) is 0 Å². The molecule has 1 unspecified atom stereocenters. The molecule has 0 spiro atoms. The van der Waals surface area contributed by atoms with Gasteiger partial charge in [0.05, 0.1) is 0 Å². The minimum atomic E-state index is 0.534. The van der Waals surface area contributed by atoms with E-state index in [0.29, 0.717) is 6.04 Å². The van der Waals surface area contributed by atoms with Crippen molar-refractivity contribution in [3.05, 3.63) is 35.9 Å². The van der Waals surface area contributed by atoms with E-state index in [1.165, 1.54) is 36.9 Å². The van der Waals surface area contributed by atoms with Crippen molar-refractivity contribution >= 4 is 11.8 Å². The Morgan fingerprint density at radius 1 is 1.20 bits per heavy atom. The summed E-state index contributed by atoms with van der Waals surface area (Å²) in [5.41, 5.74) is 2.59. The molecule has 15 heavy (non-hydrogen) atoms. The summed E-state index contributed by atoms with van der Waals surface area (Å²) in [7, 11) is 0. The summed E-state index contributed by atoms with van der Waals surface area (Å²) in [5, 5.41) is 3.57. The molecule has 0 radical (unpaired) electrons. The lowest BCUT2D eigenvalue weighted by molar-refractivity contribution is 0.641. The summed E-state index contributed by atoms with van der Waals surface area (Å²) >= 11 is 0. The molecule has 0 aromatic heterocycles. The Bertz CT molecular complexity index is 341. The quantitative estimate of drug-likeness (QED) is 0.724. The van der Waals surface area contributed by atoms with E-state index < -0.39 is 0 Å². The first-order valence-corrected chi connectivity index (χ1v) is 5.94. The molecular formula is C14H19N. The SMILES string of the molecule is CCCCCC1C=Cc2ccccc2N1. The Morgan fingerprint density at radius 3 is 2.93 bits per heavy atom. The molecule has 1 atom stereocenters. The van der Waals surface area contributed by atoms with Crippen LogP contribution in [-0.4, -0.2) is 6.04 Å². The molecule has 0 amide bonds. The summed E-state index contributed by atoms with van der Waals surface area (Å²) in [5.74, 6) is 0. The first-order valence-electron chi connectivity index (χ1n) is 5.94. The predicted molar refractivity (Wildman–Crippen MR) is 67.0 cm³/mol. The Morgan fingerprint density at radius 2 is 2.07 bits per heavy atom. The highest BCUT2D eigenvalue weighted by molar-refractivity contribution is 5.70. The van der Waals surface area contributed by atoms with E-state index in [2.05, 4.69) is 48.7 Å². The van der Waals surface area contributed by atoms with Gasteiger partial charge in [-0.15, -0.1) is 0 Å². The van der Waals surface area contributed by atoms with Crippen molar-refractivity contribution in [2.24, 2.45) is 0 Å². The number of anilines is 1. The Hall–Kier alpha value is -1.24. The molecule has 0 saturated heterocycles. The minimum absolute atomic E-state index is 0.534. The zero-order chi connectivity index (χ0) is 10.5. The van der Waals surface area contributed by atoms with Gasteiger partial charge >= 0.3 is 0 Å². The molecule has 0 saturated carbocycles.